The molecule has 3 aromatic heterocycles. The van der Waals surface area contributed by atoms with Crippen molar-refractivity contribution >= 4 is 45.3 Å². The van der Waals surface area contributed by atoms with Crippen LogP contribution < -0.4 is 15.0 Å². The lowest BCUT2D eigenvalue weighted by Crippen LogP contribution is -2.55. The number of halogens is 2. The fraction of sp³-hybridized carbons (Fsp3) is 0.290. The molecule has 5 aromatic rings. The SMILES string of the molecule is Cc1cc(Nc2ncnc3ccc(N4CC5CCC(C4)N5C(=O)/C=C/C(F)F)nc23)ccc1Oc1ccc2c(c1)nnn2C. The lowest BCUT2D eigenvalue weighted by atomic mass is 10.1. The number of nitrogens with zero attached hydrogens (tertiary/aromatic N) is 8. The van der Waals surface area contributed by atoms with Gasteiger partial charge in [-0.05, 0) is 73.9 Å². The van der Waals surface area contributed by atoms with E-state index in [1.807, 2.05) is 62.5 Å². The van der Waals surface area contributed by atoms with Crippen molar-refractivity contribution in [2.75, 3.05) is 23.3 Å². The summed E-state index contributed by atoms with van der Waals surface area (Å²) in [5, 5.41) is 11.6. The summed E-state index contributed by atoms with van der Waals surface area (Å²) in [6.45, 7) is 3.12. The first kappa shape index (κ1) is 27.6. The van der Waals surface area contributed by atoms with Crippen LogP contribution in [0, 0.1) is 6.92 Å². The van der Waals surface area contributed by atoms with E-state index in [0.29, 0.717) is 47.5 Å². The fourth-order valence-corrected chi connectivity index (χ4v) is 6.08. The number of fused-ring (bicyclic) bond motifs is 4. The molecule has 2 fully saturated rings. The van der Waals surface area contributed by atoms with Gasteiger partial charge in [-0.3, -0.25) is 4.79 Å². The smallest absolute Gasteiger partial charge is 0.257 e. The Kier molecular flexibility index (Phi) is 6.99. The van der Waals surface area contributed by atoms with E-state index >= 15 is 0 Å². The molecular formula is C31H29F2N9O2. The number of pyridine rings is 1. The van der Waals surface area contributed by atoms with Gasteiger partial charge in [-0.1, -0.05) is 5.21 Å². The van der Waals surface area contributed by atoms with Gasteiger partial charge in [0, 0.05) is 50.1 Å². The molecule has 1 N–H and O–H groups in total. The first-order valence-corrected chi connectivity index (χ1v) is 14.3. The molecule has 2 bridgehead atoms. The summed E-state index contributed by atoms with van der Waals surface area (Å²) >= 11 is 0. The molecule has 44 heavy (non-hydrogen) atoms. The van der Waals surface area contributed by atoms with Crippen molar-refractivity contribution in [1.82, 2.24) is 34.8 Å². The van der Waals surface area contributed by atoms with Crippen LogP contribution in [0.3, 0.4) is 0 Å². The Bertz CT molecular complexity index is 1900. The zero-order valence-electron chi connectivity index (χ0n) is 24.1. The van der Waals surface area contributed by atoms with Gasteiger partial charge in [-0.25, -0.2) is 28.4 Å². The Labute approximate surface area is 251 Å². The lowest BCUT2D eigenvalue weighted by molar-refractivity contribution is -0.129. The molecule has 2 aromatic carbocycles. The number of rotatable bonds is 7. The number of benzene rings is 2. The van der Waals surface area contributed by atoms with E-state index in [4.69, 9.17) is 9.72 Å². The normalized spacial score (nSPS) is 18.2. The predicted molar refractivity (Wildman–Crippen MR) is 161 cm³/mol. The van der Waals surface area contributed by atoms with Gasteiger partial charge >= 0.3 is 0 Å². The van der Waals surface area contributed by atoms with E-state index in [-0.39, 0.29) is 18.0 Å². The van der Waals surface area contributed by atoms with Crippen LogP contribution in [0.4, 0.5) is 26.1 Å². The summed E-state index contributed by atoms with van der Waals surface area (Å²) < 4.78 is 33.1. The van der Waals surface area contributed by atoms with Crippen LogP contribution in [0.5, 0.6) is 11.5 Å². The molecule has 224 valence electrons. The second kappa shape index (κ2) is 11.1. The maximum atomic E-state index is 12.6. The number of carbonyl (C=O) groups is 1. The van der Waals surface area contributed by atoms with E-state index in [1.54, 1.807) is 9.58 Å². The number of amides is 1. The highest BCUT2D eigenvalue weighted by molar-refractivity contribution is 5.89. The number of ether oxygens (including phenoxy) is 1. The molecule has 0 saturated carbocycles. The van der Waals surface area contributed by atoms with Crippen LogP contribution in [-0.4, -0.2) is 72.4 Å². The third-order valence-electron chi connectivity index (χ3n) is 8.16. The van der Waals surface area contributed by atoms with E-state index in [0.717, 1.165) is 47.0 Å². The average Bonchev–Trinajstić information content (AvgIpc) is 3.51. The molecule has 2 atom stereocenters. The van der Waals surface area contributed by atoms with E-state index in [9.17, 15) is 13.6 Å². The molecule has 1 amide bonds. The summed E-state index contributed by atoms with van der Waals surface area (Å²) in [6, 6.07) is 15.2. The summed E-state index contributed by atoms with van der Waals surface area (Å²) in [4.78, 5) is 30.3. The first-order valence-electron chi connectivity index (χ1n) is 14.3. The van der Waals surface area contributed by atoms with E-state index < -0.39 is 6.43 Å². The number of hydrogen-bond donors (Lipinski definition) is 1. The Morgan fingerprint density at radius 3 is 2.64 bits per heavy atom. The van der Waals surface area contributed by atoms with Crippen molar-refractivity contribution in [3.63, 3.8) is 0 Å². The summed E-state index contributed by atoms with van der Waals surface area (Å²) in [5.74, 6) is 2.34. The molecule has 0 aliphatic carbocycles. The van der Waals surface area contributed by atoms with Crippen molar-refractivity contribution in [2.24, 2.45) is 7.05 Å². The Balaban J connectivity index is 1.09. The van der Waals surface area contributed by atoms with Crippen molar-refractivity contribution in [1.29, 1.82) is 0 Å². The van der Waals surface area contributed by atoms with Crippen LogP contribution in [0.2, 0.25) is 0 Å². The minimum absolute atomic E-state index is 0.0584. The van der Waals surface area contributed by atoms with Crippen molar-refractivity contribution in [2.45, 2.75) is 38.3 Å². The van der Waals surface area contributed by atoms with Crippen molar-refractivity contribution < 1.29 is 18.3 Å². The van der Waals surface area contributed by atoms with Gasteiger partial charge < -0.3 is 19.9 Å². The molecule has 5 heterocycles. The topological polar surface area (TPSA) is 114 Å². The van der Waals surface area contributed by atoms with Gasteiger partial charge in [0.25, 0.3) is 6.43 Å². The number of alkyl halides is 2. The molecule has 0 radical (unpaired) electrons. The first-order chi connectivity index (χ1) is 21.3. The van der Waals surface area contributed by atoms with Gasteiger partial charge in [0.15, 0.2) is 5.82 Å². The van der Waals surface area contributed by atoms with Crippen molar-refractivity contribution in [3.8, 4) is 11.5 Å². The Hall–Kier alpha value is -5.20. The second-order valence-electron chi connectivity index (χ2n) is 11.1. The summed E-state index contributed by atoms with van der Waals surface area (Å²) in [7, 11) is 1.85. The Morgan fingerprint density at radius 1 is 1.05 bits per heavy atom. The van der Waals surface area contributed by atoms with E-state index in [2.05, 4.69) is 30.5 Å². The van der Waals surface area contributed by atoms with Gasteiger partial charge in [0.05, 0.1) is 11.0 Å². The van der Waals surface area contributed by atoms with Crippen LogP contribution in [-0.2, 0) is 11.8 Å². The zero-order valence-corrected chi connectivity index (χ0v) is 24.1. The number of piperazine rings is 1. The number of carbonyl (C=O) groups excluding carboxylic acids is 1. The standard InChI is InChI=1S/C31H29F2N9O2/c1-18-13-19(3-9-26(18)44-22-6-8-25-24(14-22)38-39-40(25)2)36-31-30-23(34-17-35-31)7-11-28(37-30)41-15-20-4-5-21(16-41)42(20)29(43)12-10-27(32)33/h3,6-14,17,20-21,27H,4-5,15-16H2,1-2H3,(H,34,35,36)/b12-10+. The maximum Gasteiger partial charge on any atom is 0.257 e. The third kappa shape index (κ3) is 5.25. The highest BCUT2D eigenvalue weighted by Gasteiger charge is 2.42. The molecule has 2 aliphatic rings. The number of nitrogens with one attached hydrogen (secondary N) is 1. The zero-order chi connectivity index (χ0) is 30.4. The highest BCUT2D eigenvalue weighted by Crippen LogP contribution is 2.34. The molecule has 11 nitrogen and oxygen atoms in total. The summed E-state index contributed by atoms with van der Waals surface area (Å²) in [5.41, 5.74) is 4.73. The third-order valence-corrected chi connectivity index (χ3v) is 8.16. The highest BCUT2D eigenvalue weighted by atomic mass is 19.3. The second-order valence-corrected chi connectivity index (χ2v) is 11.1. The van der Waals surface area contributed by atoms with Gasteiger partial charge in [-0.2, -0.15) is 0 Å². The molecule has 7 rings (SSSR count). The molecule has 2 saturated heterocycles. The van der Waals surface area contributed by atoms with Gasteiger partial charge in [-0.15, -0.1) is 5.10 Å². The van der Waals surface area contributed by atoms with Crippen LogP contribution in [0.25, 0.3) is 22.1 Å². The van der Waals surface area contributed by atoms with Crippen molar-refractivity contribution in [3.05, 3.63) is 72.6 Å². The maximum absolute atomic E-state index is 12.6. The minimum Gasteiger partial charge on any atom is -0.457 e. The average molecular weight is 598 g/mol. The van der Waals surface area contributed by atoms with E-state index in [1.165, 1.54) is 6.33 Å². The molecule has 13 heteroatoms. The number of hydrogen-bond acceptors (Lipinski definition) is 9. The quantitative estimate of drug-likeness (QED) is 0.254. The molecular weight excluding hydrogens is 568 g/mol. The fourth-order valence-electron chi connectivity index (χ4n) is 6.08. The lowest BCUT2D eigenvalue weighted by Gasteiger charge is -2.41. The molecule has 2 aliphatic heterocycles. The number of allylic oxidation sites excluding steroid dienone is 1. The van der Waals surface area contributed by atoms with Gasteiger partial charge in [0.1, 0.15) is 34.7 Å². The molecule has 0 spiro atoms. The number of aromatic nitrogens is 6. The predicted octanol–water partition coefficient (Wildman–Crippen LogP) is 5.15. The monoisotopic (exact) mass is 597 g/mol. The minimum atomic E-state index is -2.65. The Morgan fingerprint density at radius 2 is 1.86 bits per heavy atom. The van der Waals surface area contributed by atoms with Crippen LogP contribution >= 0.6 is 0 Å². The van der Waals surface area contributed by atoms with Gasteiger partial charge in [0.2, 0.25) is 5.91 Å². The number of anilines is 3. The van der Waals surface area contributed by atoms with Crippen LogP contribution in [0.1, 0.15) is 18.4 Å². The largest absolute Gasteiger partial charge is 0.457 e. The number of aryl methyl sites for hydroxylation is 2. The van der Waals surface area contributed by atoms with Crippen LogP contribution in [0.15, 0.2) is 67.0 Å². The molecule has 2 unspecified atom stereocenters. The summed E-state index contributed by atoms with van der Waals surface area (Å²) in [6.07, 6.45) is 2.15.